The van der Waals surface area contributed by atoms with Gasteiger partial charge in [-0.2, -0.15) is 0 Å². The van der Waals surface area contributed by atoms with Crippen molar-refractivity contribution in [2.75, 3.05) is 10.5 Å². The van der Waals surface area contributed by atoms with Crippen LogP contribution in [0.1, 0.15) is 0 Å². The highest BCUT2D eigenvalue weighted by Crippen LogP contribution is 2.28. The minimum absolute atomic E-state index is 0.109. The lowest BCUT2D eigenvalue weighted by atomic mass is 10.2. The summed E-state index contributed by atoms with van der Waals surface area (Å²) in [5.74, 6) is -0.667. The average Bonchev–Trinajstić information content (AvgIpc) is 2.41. The molecule has 0 radical (unpaired) electrons. The fourth-order valence-electron chi connectivity index (χ4n) is 1.56. The Labute approximate surface area is 120 Å². The predicted octanol–water partition coefficient (Wildman–Crippen LogP) is 1.05. The first-order valence-electron chi connectivity index (χ1n) is 5.63. The van der Waals surface area contributed by atoms with Gasteiger partial charge >= 0.3 is 0 Å². The lowest BCUT2D eigenvalue weighted by Crippen LogP contribution is -2.14. The van der Waals surface area contributed by atoms with Crippen LogP contribution in [0.15, 0.2) is 47.4 Å². The lowest BCUT2D eigenvalue weighted by Gasteiger charge is -2.15. The van der Waals surface area contributed by atoms with E-state index in [0.717, 1.165) is 18.2 Å². The number of nitrogens with one attached hydrogen (secondary N) is 1. The highest BCUT2D eigenvalue weighted by atomic mass is 32.2. The van der Waals surface area contributed by atoms with Gasteiger partial charge in [0.2, 0.25) is 0 Å². The Kier molecular flexibility index (Phi) is 3.68. The Balaban J connectivity index is 2.38. The van der Waals surface area contributed by atoms with Crippen molar-refractivity contribution in [3.63, 3.8) is 0 Å². The zero-order chi connectivity index (χ0) is 15.6. The van der Waals surface area contributed by atoms with Gasteiger partial charge in [0.1, 0.15) is 0 Å². The first kappa shape index (κ1) is 14.6. The standard InChI is InChI=1S/C12H11N3O5S/c13-8-1-4-10(5-2-8)21(19,20)14-11-7-9(15(17)18)3-6-12(11)16/h1-7,14,16H,13H2/p-1. The van der Waals surface area contributed by atoms with Crippen LogP contribution in [-0.4, -0.2) is 13.3 Å². The van der Waals surface area contributed by atoms with Gasteiger partial charge in [-0.05, 0) is 24.3 Å². The van der Waals surface area contributed by atoms with Crippen LogP contribution in [0.2, 0.25) is 0 Å². The first-order valence-corrected chi connectivity index (χ1v) is 7.12. The van der Waals surface area contributed by atoms with Crippen LogP contribution in [-0.2, 0) is 10.0 Å². The molecule has 0 bridgehead atoms. The Hall–Kier alpha value is -2.81. The number of nitro benzene ring substituents is 1. The van der Waals surface area contributed by atoms with E-state index in [0.29, 0.717) is 5.69 Å². The quantitative estimate of drug-likeness (QED) is 0.491. The summed E-state index contributed by atoms with van der Waals surface area (Å²) in [6.07, 6.45) is 0. The first-order chi connectivity index (χ1) is 9.79. The molecule has 0 atom stereocenters. The fraction of sp³-hybridized carbons (Fsp3) is 0. The average molecular weight is 308 g/mol. The van der Waals surface area contributed by atoms with Gasteiger partial charge in [-0.15, -0.1) is 0 Å². The van der Waals surface area contributed by atoms with Crippen LogP contribution in [0.4, 0.5) is 17.1 Å². The summed E-state index contributed by atoms with van der Waals surface area (Å²) in [6.45, 7) is 0. The van der Waals surface area contributed by atoms with Crippen molar-refractivity contribution in [3.8, 4) is 5.75 Å². The van der Waals surface area contributed by atoms with Crippen molar-refractivity contribution < 1.29 is 18.4 Å². The molecule has 110 valence electrons. The molecule has 8 nitrogen and oxygen atoms in total. The number of nitrogens with zero attached hydrogens (tertiary/aromatic N) is 1. The zero-order valence-electron chi connectivity index (χ0n) is 10.5. The van der Waals surface area contributed by atoms with Gasteiger partial charge < -0.3 is 10.8 Å². The third kappa shape index (κ3) is 3.20. The van der Waals surface area contributed by atoms with E-state index in [1.54, 1.807) is 0 Å². The number of non-ortho nitro benzene ring substituents is 1. The van der Waals surface area contributed by atoms with Crippen molar-refractivity contribution in [1.82, 2.24) is 0 Å². The van der Waals surface area contributed by atoms with Crippen LogP contribution in [0, 0.1) is 10.1 Å². The zero-order valence-corrected chi connectivity index (χ0v) is 11.3. The van der Waals surface area contributed by atoms with Gasteiger partial charge in [-0.1, -0.05) is 11.8 Å². The van der Waals surface area contributed by atoms with E-state index in [1.165, 1.54) is 24.3 Å². The van der Waals surface area contributed by atoms with Gasteiger partial charge in [0.25, 0.3) is 15.7 Å². The fourth-order valence-corrected chi connectivity index (χ4v) is 2.62. The summed E-state index contributed by atoms with van der Waals surface area (Å²) in [5.41, 5.74) is 5.07. The number of hydrogen-bond donors (Lipinski definition) is 2. The van der Waals surface area contributed by atoms with Crippen LogP contribution in [0.25, 0.3) is 0 Å². The van der Waals surface area contributed by atoms with E-state index in [4.69, 9.17) is 5.73 Å². The Morgan fingerprint density at radius 2 is 1.71 bits per heavy atom. The molecule has 0 aliphatic heterocycles. The van der Waals surface area contributed by atoms with E-state index in [9.17, 15) is 23.6 Å². The monoisotopic (exact) mass is 308 g/mol. The van der Waals surface area contributed by atoms with E-state index in [1.807, 2.05) is 4.72 Å². The number of nitrogens with two attached hydrogens (primary N) is 1. The number of nitro groups is 1. The highest BCUT2D eigenvalue weighted by Gasteiger charge is 2.16. The summed E-state index contributed by atoms with van der Waals surface area (Å²) >= 11 is 0. The third-order valence-electron chi connectivity index (χ3n) is 2.61. The molecule has 0 aliphatic carbocycles. The van der Waals surface area contributed by atoms with Crippen LogP contribution in [0.5, 0.6) is 5.75 Å². The molecule has 2 aromatic rings. The Bertz CT molecular complexity index is 787. The second-order valence-corrected chi connectivity index (χ2v) is 5.79. The molecule has 0 spiro atoms. The summed E-state index contributed by atoms with van der Waals surface area (Å²) in [6, 6.07) is 8.11. The molecule has 0 heterocycles. The van der Waals surface area contributed by atoms with Crippen LogP contribution in [0.3, 0.4) is 0 Å². The summed E-state index contributed by atoms with van der Waals surface area (Å²) < 4.78 is 26.2. The molecule has 21 heavy (non-hydrogen) atoms. The maximum absolute atomic E-state index is 12.1. The van der Waals surface area contributed by atoms with Crippen molar-refractivity contribution in [1.29, 1.82) is 0 Å². The van der Waals surface area contributed by atoms with Gasteiger partial charge in [-0.3, -0.25) is 14.8 Å². The summed E-state index contributed by atoms with van der Waals surface area (Å²) in [4.78, 5) is 9.82. The van der Waals surface area contributed by atoms with Gasteiger partial charge in [0, 0.05) is 23.5 Å². The Morgan fingerprint density at radius 3 is 2.29 bits per heavy atom. The highest BCUT2D eigenvalue weighted by molar-refractivity contribution is 7.92. The van der Waals surface area contributed by atoms with E-state index < -0.39 is 20.7 Å². The Morgan fingerprint density at radius 1 is 1.10 bits per heavy atom. The third-order valence-corrected chi connectivity index (χ3v) is 3.99. The maximum atomic E-state index is 12.1. The van der Waals surface area contributed by atoms with Gasteiger partial charge in [0.05, 0.1) is 9.82 Å². The normalized spacial score (nSPS) is 11.0. The van der Waals surface area contributed by atoms with Crippen molar-refractivity contribution >= 4 is 27.1 Å². The molecule has 0 unspecified atom stereocenters. The van der Waals surface area contributed by atoms with E-state index in [-0.39, 0.29) is 16.3 Å². The minimum Gasteiger partial charge on any atom is -0.871 e. The smallest absolute Gasteiger partial charge is 0.271 e. The van der Waals surface area contributed by atoms with E-state index >= 15 is 0 Å². The molecule has 0 amide bonds. The SMILES string of the molecule is Nc1ccc(S(=O)(=O)Nc2cc([N+](=O)[O-])ccc2[O-])cc1. The summed E-state index contributed by atoms with van der Waals surface area (Å²) in [5, 5.41) is 22.2. The van der Waals surface area contributed by atoms with E-state index in [2.05, 4.69) is 0 Å². The lowest BCUT2D eigenvalue weighted by molar-refractivity contribution is -0.385. The number of anilines is 2. The number of rotatable bonds is 4. The van der Waals surface area contributed by atoms with Gasteiger partial charge in [-0.25, -0.2) is 8.42 Å². The molecule has 0 saturated heterocycles. The molecule has 9 heteroatoms. The molecular formula is C12H10N3O5S-. The van der Waals surface area contributed by atoms with Gasteiger partial charge in [0.15, 0.2) is 0 Å². The van der Waals surface area contributed by atoms with Crippen molar-refractivity contribution in [2.45, 2.75) is 4.90 Å². The number of sulfonamides is 1. The molecule has 0 fully saturated rings. The largest absolute Gasteiger partial charge is 0.871 e. The molecule has 0 aliphatic rings. The number of nitrogen functional groups attached to an aromatic ring is 1. The van der Waals surface area contributed by atoms with Crippen LogP contribution < -0.4 is 15.6 Å². The second kappa shape index (κ2) is 5.29. The molecule has 2 aromatic carbocycles. The molecule has 0 saturated carbocycles. The molecule has 3 N–H and O–H groups in total. The second-order valence-electron chi connectivity index (χ2n) is 4.11. The number of benzene rings is 2. The molecule has 2 rings (SSSR count). The number of hydrogen-bond acceptors (Lipinski definition) is 6. The topological polar surface area (TPSA) is 138 Å². The van der Waals surface area contributed by atoms with Crippen molar-refractivity contribution in [3.05, 3.63) is 52.6 Å². The maximum Gasteiger partial charge on any atom is 0.271 e. The minimum atomic E-state index is -4.02. The predicted molar refractivity (Wildman–Crippen MR) is 74.2 cm³/mol. The van der Waals surface area contributed by atoms with Crippen LogP contribution >= 0.6 is 0 Å². The molecule has 0 aromatic heterocycles. The molecular weight excluding hydrogens is 298 g/mol. The summed E-state index contributed by atoms with van der Waals surface area (Å²) in [7, 11) is -4.02. The van der Waals surface area contributed by atoms with Crippen molar-refractivity contribution in [2.24, 2.45) is 0 Å².